The van der Waals surface area contributed by atoms with Crippen molar-refractivity contribution in [2.75, 3.05) is 5.75 Å². The molecule has 0 amide bonds. The van der Waals surface area contributed by atoms with Crippen LogP contribution in [0.25, 0.3) is 0 Å². The molecule has 0 radical (unpaired) electrons. The summed E-state index contributed by atoms with van der Waals surface area (Å²) in [6, 6.07) is 0. The molecule has 3 saturated carbocycles. The van der Waals surface area contributed by atoms with Crippen molar-refractivity contribution in [2.45, 2.75) is 83.5 Å². The van der Waals surface area contributed by atoms with Gasteiger partial charge in [0.05, 0.1) is 11.8 Å². The van der Waals surface area contributed by atoms with Crippen LogP contribution in [0.2, 0.25) is 0 Å². The predicted molar refractivity (Wildman–Crippen MR) is 112 cm³/mol. The molecule has 3 nitrogen and oxygen atoms in total. The maximum atomic E-state index is 11.2. The Morgan fingerprint density at radius 3 is 2.78 bits per heavy atom. The van der Waals surface area contributed by atoms with Gasteiger partial charge in [0, 0.05) is 10.9 Å². The Morgan fingerprint density at radius 1 is 1.22 bits per heavy atom. The molecule has 4 heteroatoms. The Bertz CT molecular complexity index is 730. The predicted octanol–water partition coefficient (Wildman–Crippen LogP) is 4.85. The molecule has 0 saturated heterocycles. The van der Waals surface area contributed by atoms with Crippen molar-refractivity contribution in [3.05, 3.63) is 17.5 Å². The summed E-state index contributed by atoms with van der Waals surface area (Å²) in [4.78, 5) is 0. The average molecular weight is 389 g/mol. The van der Waals surface area contributed by atoms with Gasteiger partial charge < -0.3 is 5.11 Å². The number of H-pyrrole nitrogens is 1. The Labute approximate surface area is 168 Å². The molecular formula is C23H36N2OS. The van der Waals surface area contributed by atoms with Gasteiger partial charge >= 0.3 is 0 Å². The highest BCUT2D eigenvalue weighted by Gasteiger charge is 2.65. The first-order valence-corrected chi connectivity index (χ1v) is 12.2. The highest BCUT2D eigenvalue weighted by Crippen LogP contribution is 2.68. The second-order valence-corrected chi connectivity index (χ2v) is 12.3. The van der Waals surface area contributed by atoms with Crippen LogP contribution in [0, 0.1) is 34.5 Å². The molecule has 0 aliphatic heterocycles. The van der Waals surface area contributed by atoms with Gasteiger partial charge in [0.2, 0.25) is 0 Å². The Morgan fingerprint density at radius 2 is 2.00 bits per heavy atom. The summed E-state index contributed by atoms with van der Waals surface area (Å²) < 4.78 is 0. The molecule has 0 aromatic carbocycles. The Balaban J connectivity index is 1.55. The number of aliphatic hydroxyl groups is 1. The average Bonchev–Trinajstić information content (AvgIpc) is 3.15. The zero-order chi connectivity index (χ0) is 19.0. The van der Waals surface area contributed by atoms with Crippen LogP contribution in [0.4, 0.5) is 0 Å². The molecule has 4 aliphatic carbocycles. The molecule has 1 aromatic heterocycles. The van der Waals surface area contributed by atoms with E-state index in [9.17, 15) is 5.11 Å². The van der Waals surface area contributed by atoms with Gasteiger partial charge in [-0.2, -0.15) is 16.9 Å². The van der Waals surface area contributed by atoms with Crippen LogP contribution in [0.3, 0.4) is 0 Å². The van der Waals surface area contributed by atoms with Crippen molar-refractivity contribution >= 4 is 11.8 Å². The van der Waals surface area contributed by atoms with Crippen LogP contribution < -0.4 is 0 Å². The first kappa shape index (κ1) is 18.5. The highest BCUT2D eigenvalue weighted by molar-refractivity contribution is 7.99. The van der Waals surface area contributed by atoms with Crippen LogP contribution >= 0.6 is 11.8 Å². The number of fused-ring (bicyclic) bond motifs is 6. The van der Waals surface area contributed by atoms with E-state index in [4.69, 9.17) is 0 Å². The fourth-order valence-electron chi connectivity index (χ4n) is 8.05. The van der Waals surface area contributed by atoms with E-state index >= 15 is 0 Å². The van der Waals surface area contributed by atoms with Crippen molar-refractivity contribution in [2.24, 2.45) is 34.5 Å². The smallest absolute Gasteiger partial charge is 0.0675 e. The summed E-state index contributed by atoms with van der Waals surface area (Å²) in [5, 5.41) is 19.7. The fraction of sp³-hybridized carbons (Fsp3) is 0.870. The minimum Gasteiger partial charge on any atom is -0.390 e. The van der Waals surface area contributed by atoms with Crippen LogP contribution in [0.5, 0.6) is 0 Å². The summed E-state index contributed by atoms with van der Waals surface area (Å²) in [6.07, 6.45) is 10.6. The number of aromatic amines is 1. The first-order valence-electron chi connectivity index (χ1n) is 11.2. The SMILES string of the molecule is CCSC1C[C@H]2Cc3[nH]ncc3C[C@]2(C)C2CC[C@@]3(C)C(CC[C@]3(C)O)C12. The largest absolute Gasteiger partial charge is 0.390 e. The lowest BCUT2D eigenvalue weighted by molar-refractivity contribution is -0.137. The molecule has 0 bridgehead atoms. The monoisotopic (exact) mass is 388 g/mol. The van der Waals surface area contributed by atoms with Crippen molar-refractivity contribution in [3.63, 3.8) is 0 Å². The highest BCUT2D eigenvalue weighted by atomic mass is 32.2. The van der Waals surface area contributed by atoms with E-state index in [1.165, 1.54) is 55.5 Å². The van der Waals surface area contributed by atoms with E-state index in [0.717, 1.165) is 29.4 Å². The molecule has 1 heterocycles. The normalized spacial score (nSPS) is 51.2. The molecule has 4 aliphatic rings. The van der Waals surface area contributed by atoms with Crippen molar-refractivity contribution in [3.8, 4) is 0 Å². The van der Waals surface area contributed by atoms with Gasteiger partial charge in [0.1, 0.15) is 0 Å². The zero-order valence-electron chi connectivity index (χ0n) is 17.4. The second kappa shape index (κ2) is 6.01. The maximum Gasteiger partial charge on any atom is 0.0675 e. The van der Waals surface area contributed by atoms with Crippen molar-refractivity contribution < 1.29 is 5.11 Å². The maximum absolute atomic E-state index is 11.2. The van der Waals surface area contributed by atoms with Crippen molar-refractivity contribution in [1.82, 2.24) is 10.2 Å². The number of aromatic nitrogens is 2. The molecule has 150 valence electrons. The van der Waals surface area contributed by atoms with Crippen molar-refractivity contribution in [1.29, 1.82) is 0 Å². The minimum absolute atomic E-state index is 0.110. The molecule has 2 N–H and O–H groups in total. The number of nitrogens with one attached hydrogen (secondary N) is 1. The lowest BCUT2D eigenvalue weighted by Gasteiger charge is -2.63. The lowest BCUT2D eigenvalue weighted by atomic mass is 9.44. The third kappa shape index (κ3) is 2.41. The summed E-state index contributed by atoms with van der Waals surface area (Å²) >= 11 is 2.22. The summed E-state index contributed by atoms with van der Waals surface area (Å²) in [5.41, 5.74) is 2.91. The molecule has 0 spiro atoms. The van der Waals surface area contributed by atoms with E-state index in [-0.39, 0.29) is 5.41 Å². The second-order valence-electron chi connectivity index (χ2n) is 10.7. The molecule has 8 atom stereocenters. The van der Waals surface area contributed by atoms with Gasteiger partial charge in [0.25, 0.3) is 0 Å². The summed E-state index contributed by atoms with van der Waals surface area (Å²) in [7, 11) is 0. The summed E-state index contributed by atoms with van der Waals surface area (Å²) in [6.45, 7) is 9.47. The molecular weight excluding hydrogens is 352 g/mol. The van der Waals surface area contributed by atoms with Gasteiger partial charge in [-0.05, 0) is 97.7 Å². The fourth-order valence-corrected chi connectivity index (χ4v) is 9.44. The van der Waals surface area contributed by atoms with Gasteiger partial charge in [-0.15, -0.1) is 0 Å². The van der Waals surface area contributed by atoms with Crippen LogP contribution in [-0.4, -0.2) is 31.9 Å². The first-order chi connectivity index (χ1) is 12.8. The minimum atomic E-state index is -0.480. The van der Waals surface area contributed by atoms with Gasteiger partial charge in [-0.1, -0.05) is 20.8 Å². The number of nitrogens with zero attached hydrogens (tertiary/aromatic N) is 1. The quantitative estimate of drug-likeness (QED) is 0.761. The number of thioether (sulfide) groups is 1. The lowest BCUT2D eigenvalue weighted by Crippen LogP contribution is -2.59. The van der Waals surface area contributed by atoms with E-state index in [1.807, 2.05) is 0 Å². The number of hydrogen-bond acceptors (Lipinski definition) is 3. The van der Waals surface area contributed by atoms with Crippen LogP contribution in [0.1, 0.15) is 71.1 Å². The molecule has 3 fully saturated rings. The van der Waals surface area contributed by atoms with Gasteiger partial charge in [0.15, 0.2) is 0 Å². The van der Waals surface area contributed by atoms with E-state index in [2.05, 4.69) is 55.9 Å². The third-order valence-electron chi connectivity index (χ3n) is 9.83. The Kier molecular flexibility index (Phi) is 4.13. The van der Waals surface area contributed by atoms with Gasteiger partial charge in [-0.25, -0.2) is 0 Å². The topological polar surface area (TPSA) is 48.9 Å². The third-order valence-corrected chi connectivity index (χ3v) is 11.1. The molecule has 1 aromatic rings. The zero-order valence-corrected chi connectivity index (χ0v) is 18.2. The molecule has 4 unspecified atom stereocenters. The molecule has 27 heavy (non-hydrogen) atoms. The van der Waals surface area contributed by atoms with E-state index in [0.29, 0.717) is 11.3 Å². The standard InChI is InChI=1S/C23H36N2OS/c1-5-27-19-11-15-10-18-14(13-24-25-18)12-21(15,2)16-6-8-22(3)17(20(16)19)7-9-23(22,4)26/h13,15-17,19-20,26H,5-12H2,1-4H3,(H,24,25)/t15-,16?,17?,19?,20?,21+,22+,23+/m1/s1. The molecule has 5 rings (SSSR count). The van der Waals surface area contributed by atoms with Gasteiger partial charge in [-0.3, -0.25) is 5.10 Å². The number of rotatable bonds is 2. The van der Waals surface area contributed by atoms with E-state index in [1.54, 1.807) is 0 Å². The van der Waals surface area contributed by atoms with Crippen LogP contribution in [-0.2, 0) is 12.8 Å². The van der Waals surface area contributed by atoms with Crippen LogP contribution in [0.15, 0.2) is 6.20 Å². The Hall–Kier alpha value is -0.480. The summed E-state index contributed by atoms with van der Waals surface area (Å²) in [5.74, 6) is 4.26. The number of hydrogen-bond donors (Lipinski definition) is 2. The van der Waals surface area contributed by atoms with E-state index < -0.39 is 5.60 Å².